The van der Waals surface area contributed by atoms with Crippen molar-refractivity contribution in [3.8, 4) is 5.75 Å². The summed E-state index contributed by atoms with van der Waals surface area (Å²) in [5.41, 5.74) is 0.0414. The number of amides is 1. The molecule has 2 aromatic rings. The highest BCUT2D eigenvalue weighted by molar-refractivity contribution is 7.92. The van der Waals surface area contributed by atoms with Crippen LogP contribution in [0.4, 0.5) is 5.69 Å². The maximum Gasteiger partial charge on any atom is 0.273 e. The van der Waals surface area contributed by atoms with E-state index in [-0.39, 0.29) is 16.3 Å². The Labute approximate surface area is 121 Å². The minimum absolute atomic E-state index is 0.0328. The lowest BCUT2D eigenvalue weighted by molar-refractivity contribution is 0.0959. The number of benzene rings is 1. The number of carbonyl (C=O) groups excluding carboxylic acids is 1. The van der Waals surface area contributed by atoms with Crippen molar-refractivity contribution in [3.05, 3.63) is 36.2 Å². The largest absolute Gasteiger partial charge is 0.497 e. The van der Waals surface area contributed by atoms with E-state index in [0.717, 1.165) is 0 Å². The topological polar surface area (TPSA) is 113 Å². The van der Waals surface area contributed by atoms with Gasteiger partial charge in [-0.25, -0.2) is 8.42 Å². The summed E-state index contributed by atoms with van der Waals surface area (Å²) in [4.78, 5) is 11.6. The Balaban J connectivity index is 2.29. The van der Waals surface area contributed by atoms with Crippen molar-refractivity contribution in [1.82, 2.24) is 15.5 Å². The molecule has 112 valence electrons. The quantitative estimate of drug-likeness (QED) is 0.747. The zero-order valence-electron chi connectivity index (χ0n) is 11.4. The molecule has 0 aliphatic rings. The predicted octanol–water partition coefficient (Wildman–Crippen LogP) is 0.579. The summed E-state index contributed by atoms with van der Waals surface area (Å²) in [5, 5.41) is 8.53. The molecular formula is C12H14N4O4S. The molecule has 0 aliphatic heterocycles. The Morgan fingerprint density at radius 2 is 1.95 bits per heavy atom. The average Bonchev–Trinajstić information content (AvgIpc) is 2.94. The number of nitrogens with zero attached hydrogens (tertiary/aromatic N) is 1. The summed E-state index contributed by atoms with van der Waals surface area (Å²) in [5.74, 6) is 0.0481. The fourth-order valence-corrected chi connectivity index (χ4v) is 2.68. The number of hydrogen-bond acceptors (Lipinski definition) is 5. The number of aromatic amines is 1. The zero-order chi connectivity index (χ0) is 15.5. The molecule has 2 rings (SSSR count). The molecule has 9 heteroatoms. The highest BCUT2D eigenvalue weighted by atomic mass is 32.2. The number of rotatable bonds is 5. The van der Waals surface area contributed by atoms with Crippen LogP contribution in [0.2, 0.25) is 0 Å². The second-order valence-corrected chi connectivity index (χ2v) is 5.69. The van der Waals surface area contributed by atoms with Crippen molar-refractivity contribution in [2.75, 3.05) is 18.9 Å². The Bertz CT molecular complexity index is 737. The third-order valence-electron chi connectivity index (χ3n) is 2.70. The first-order valence-electron chi connectivity index (χ1n) is 5.90. The standard InChI is InChI=1S/C12H14N4O4S/c1-13-12(17)11-10(7-14-15-11)16-21(18,19)9-5-3-8(20-2)4-6-9/h3-7,16H,1-2H3,(H,13,17)(H,14,15). The maximum absolute atomic E-state index is 12.2. The molecule has 1 amide bonds. The molecule has 0 bridgehead atoms. The second-order valence-electron chi connectivity index (χ2n) is 4.01. The molecule has 0 fully saturated rings. The lowest BCUT2D eigenvalue weighted by Gasteiger charge is -2.08. The number of methoxy groups -OCH3 is 1. The van der Waals surface area contributed by atoms with Gasteiger partial charge in [0, 0.05) is 13.2 Å². The number of aromatic nitrogens is 2. The summed E-state index contributed by atoms with van der Waals surface area (Å²) >= 11 is 0. The van der Waals surface area contributed by atoms with Gasteiger partial charge in [0.25, 0.3) is 15.9 Å². The Morgan fingerprint density at radius 1 is 1.29 bits per heavy atom. The molecule has 0 spiro atoms. The molecule has 3 N–H and O–H groups in total. The zero-order valence-corrected chi connectivity index (χ0v) is 12.2. The SMILES string of the molecule is CNC(=O)c1n[nH]cc1NS(=O)(=O)c1ccc(OC)cc1. The summed E-state index contributed by atoms with van der Waals surface area (Å²) in [6, 6.07) is 5.87. The average molecular weight is 310 g/mol. The molecule has 0 saturated carbocycles. The van der Waals surface area contributed by atoms with Crippen LogP contribution in [-0.2, 0) is 10.0 Å². The van der Waals surface area contributed by atoms with Crippen LogP contribution in [0.3, 0.4) is 0 Å². The van der Waals surface area contributed by atoms with Crippen LogP contribution in [0.15, 0.2) is 35.4 Å². The fourth-order valence-electron chi connectivity index (χ4n) is 1.62. The van der Waals surface area contributed by atoms with Crippen molar-refractivity contribution >= 4 is 21.6 Å². The van der Waals surface area contributed by atoms with Gasteiger partial charge in [0.1, 0.15) is 5.75 Å². The van der Waals surface area contributed by atoms with Crippen molar-refractivity contribution in [1.29, 1.82) is 0 Å². The molecule has 0 saturated heterocycles. The third-order valence-corrected chi connectivity index (χ3v) is 4.08. The number of H-pyrrole nitrogens is 1. The van der Waals surface area contributed by atoms with Crippen molar-refractivity contribution < 1.29 is 17.9 Å². The maximum atomic E-state index is 12.2. The van der Waals surface area contributed by atoms with Crippen molar-refractivity contribution in [3.63, 3.8) is 0 Å². The van der Waals surface area contributed by atoms with Crippen molar-refractivity contribution in [2.45, 2.75) is 4.90 Å². The monoisotopic (exact) mass is 310 g/mol. The molecule has 1 heterocycles. The van der Waals surface area contributed by atoms with Crippen molar-refractivity contribution in [2.24, 2.45) is 0 Å². The first kappa shape index (κ1) is 14.9. The number of nitrogens with one attached hydrogen (secondary N) is 3. The molecule has 1 aromatic heterocycles. The van der Waals surface area contributed by atoms with Gasteiger partial charge in [-0.15, -0.1) is 0 Å². The second kappa shape index (κ2) is 5.83. The Morgan fingerprint density at radius 3 is 2.52 bits per heavy atom. The molecular weight excluding hydrogens is 296 g/mol. The van der Waals surface area contributed by atoms with E-state index >= 15 is 0 Å². The van der Waals surface area contributed by atoms with E-state index in [9.17, 15) is 13.2 Å². The smallest absolute Gasteiger partial charge is 0.273 e. The van der Waals surface area contributed by atoms with Gasteiger partial charge in [-0.05, 0) is 24.3 Å². The van der Waals surface area contributed by atoms with Crippen LogP contribution in [0, 0.1) is 0 Å². The van der Waals surface area contributed by atoms with E-state index in [1.807, 2.05) is 0 Å². The molecule has 0 radical (unpaired) electrons. The van der Waals surface area contributed by atoms with Gasteiger partial charge >= 0.3 is 0 Å². The first-order chi connectivity index (χ1) is 9.97. The fraction of sp³-hybridized carbons (Fsp3) is 0.167. The van der Waals surface area contributed by atoms with Crippen LogP contribution in [-0.4, -0.2) is 38.7 Å². The highest BCUT2D eigenvalue weighted by Crippen LogP contribution is 2.20. The number of sulfonamides is 1. The predicted molar refractivity (Wildman–Crippen MR) is 75.8 cm³/mol. The number of ether oxygens (including phenoxy) is 1. The van der Waals surface area contributed by atoms with E-state index in [1.165, 1.54) is 44.6 Å². The van der Waals surface area contributed by atoms with Gasteiger partial charge in [0.05, 0.1) is 17.7 Å². The van der Waals surface area contributed by atoms with E-state index in [0.29, 0.717) is 5.75 Å². The first-order valence-corrected chi connectivity index (χ1v) is 7.39. The van der Waals surface area contributed by atoms with E-state index in [2.05, 4.69) is 20.2 Å². The molecule has 0 aliphatic carbocycles. The van der Waals surface area contributed by atoms with E-state index in [4.69, 9.17) is 4.74 Å². The Hall–Kier alpha value is -2.55. The van der Waals surface area contributed by atoms with Gasteiger partial charge in [-0.2, -0.15) is 5.10 Å². The Kier molecular flexibility index (Phi) is 4.13. The van der Waals surface area contributed by atoms with Gasteiger partial charge in [0.15, 0.2) is 5.69 Å². The highest BCUT2D eigenvalue weighted by Gasteiger charge is 2.20. The van der Waals surface area contributed by atoms with Gasteiger partial charge in [-0.3, -0.25) is 14.6 Å². The number of carbonyl (C=O) groups is 1. The van der Waals surface area contributed by atoms with Gasteiger partial charge < -0.3 is 10.1 Å². The number of hydrogen-bond donors (Lipinski definition) is 3. The van der Waals surface area contributed by atoms with Gasteiger partial charge in [0.2, 0.25) is 0 Å². The normalized spacial score (nSPS) is 11.0. The molecule has 0 unspecified atom stereocenters. The van der Waals surface area contributed by atoms with Crippen LogP contribution in [0.25, 0.3) is 0 Å². The van der Waals surface area contributed by atoms with Crippen LogP contribution < -0.4 is 14.8 Å². The minimum Gasteiger partial charge on any atom is -0.497 e. The lowest BCUT2D eigenvalue weighted by Crippen LogP contribution is -2.21. The van der Waals surface area contributed by atoms with Gasteiger partial charge in [-0.1, -0.05) is 0 Å². The molecule has 1 aromatic carbocycles. The molecule has 0 atom stereocenters. The minimum atomic E-state index is -3.82. The third kappa shape index (κ3) is 3.14. The van der Waals surface area contributed by atoms with Crippen LogP contribution >= 0.6 is 0 Å². The summed E-state index contributed by atoms with van der Waals surface area (Å²) in [6.45, 7) is 0. The van der Waals surface area contributed by atoms with E-state index < -0.39 is 15.9 Å². The summed E-state index contributed by atoms with van der Waals surface area (Å²) in [6.07, 6.45) is 1.30. The van der Waals surface area contributed by atoms with E-state index in [1.54, 1.807) is 0 Å². The summed E-state index contributed by atoms with van der Waals surface area (Å²) in [7, 11) is -0.900. The number of anilines is 1. The summed E-state index contributed by atoms with van der Waals surface area (Å²) < 4.78 is 31.8. The van der Waals surface area contributed by atoms with Crippen LogP contribution in [0.5, 0.6) is 5.75 Å². The van der Waals surface area contributed by atoms with Crippen LogP contribution in [0.1, 0.15) is 10.5 Å². The molecule has 8 nitrogen and oxygen atoms in total. The lowest BCUT2D eigenvalue weighted by atomic mass is 10.3. The molecule has 21 heavy (non-hydrogen) atoms.